The molecule has 1 aromatic heterocycles. The van der Waals surface area contributed by atoms with E-state index in [2.05, 4.69) is 20.6 Å². The molecule has 0 saturated carbocycles. The monoisotopic (exact) mass is 505 g/mol. The van der Waals surface area contributed by atoms with Gasteiger partial charge in [0.2, 0.25) is 11.9 Å². The molecule has 2 aliphatic rings. The lowest BCUT2D eigenvalue weighted by Gasteiger charge is -2.23. The first-order valence-corrected chi connectivity index (χ1v) is 12.5. The molecule has 0 bridgehead atoms. The summed E-state index contributed by atoms with van der Waals surface area (Å²) in [4.78, 5) is 36.1. The maximum absolute atomic E-state index is 13.1. The molecule has 2 aromatic carbocycles. The summed E-state index contributed by atoms with van der Waals surface area (Å²) >= 11 is 6.43. The minimum absolute atomic E-state index is 0.0189. The van der Waals surface area contributed by atoms with E-state index in [1.165, 1.54) is 0 Å². The molecule has 3 heterocycles. The highest BCUT2D eigenvalue weighted by atomic mass is 35.5. The van der Waals surface area contributed by atoms with Gasteiger partial charge in [0.25, 0.3) is 5.91 Å². The quantitative estimate of drug-likeness (QED) is 0.484. The molecule has 5 rings (SSSR count). The Hall–Kier alpha value is -3.49. The predicted molar refractivity (Wildman–Crippen MR) is 138 cm³/mol. The van der Waals surface area contributed by atoms with E-state index in [0.717, 1.165) is 36.0 Å². The van der Waals surface area contributed by atoms with E-state index in [0.29, 0.717) is 48.5 Å². The predicted octanol–water partition coefficient (Wildman–Crippen LogP) is 3.70. The van der Waals surface area contributed by atoms with E-state index in [-0.39, 0.29) is 24.4 Å². The van der Waals surface area contributed by atoms with Crippen LogP contribution in [-0.2, 0) is 22.5 Å². The fraction of sp³-hybridized carbons (Fsp3) is 0.333. The number of anilines is 1. The summed E-state index contributed by atoms with van der Waals surface area (Å²) in [7, 11) is 0. The zero-order valence-electron chi connectivity index (χ0n) is 19.9. The second-order valence-corrected chi connectivity index (χ2v) is 9.45. The average molecular weight is 506 g/mol. The molecule has 1 fully saturated rings. The van der Waals surface area contributed by atoms with E-state index in [1.54, 1.807) is 17.2 Å². The first kappa shape index (κ1) is 24.2. The van der Waals surface area contributed by atoms with Crippen molar-refractivity contribution >= 4 is 29.4 Å². The number of aromatic nitrogens is 2. The number of halogens is 1. The molecule has 2 amide bonds. The van der Waals surface area contributed by atoms with Crippen molar-refractivity contribution in [1.82, 2.24) is 20.2 Å². The third-order valence-corrected chi connectivity index (χ3v) is 6.75. The van der Waals surface area contributed by atoms with Gasteiger partial charge in [-0.1, -0.05) is 54.1 Å². The molecule has 186 valence electrons. The number of benzene rings is 2. The number of carbonyl (C=O) groups excluding carboxylic acids is 2. The number of hydrogen-bond acceptors (Lipinski definition) is 6. The molecule has 0 aliphatic carbocycles. The number of rotatable bonds is 8. The maximum atomic E-state index is 13.1. The van der Waals surface area contributed by atoms with E-state index < -0.39 is 0 Å². The first-order chi connectivity index (χ1) is 17.6. The number of fused-ring (bicyclic) bond motifs is 1. The molecule has 0 unspecified atom stereocenters. The Labute approximate surface area is 215 Å². The Morgan fingerprint density at radius 1 is 1.14 bits per heavy atom. The molecule has 8 nitrogen and oxygen atoms in total. The first-order valence-electron chi connectivity index (χ1n) is 12.2. The second kappa shape index (κ2) is 11.1. The van der Waals surface area contributed by atoms with Gasteiger partial charge in [0.15, 0.2) is 0 Å². The number of nitrogens with zero attached hydrogens (tertiary/aromatic N) is 3. The van der Waals surface area contributed by atoms with Crippen LogP contribution in [0.4, 0.5) is 5.95 Å². The summed E-state index contributed by atoms with van der Waals surface area (Å²) in [5.41, 5.74) is 3.90. The zero-order valence-corrected chi connectivity index (χ0v) is 20.6. The van der Waals surface area contributed by atoms with Gasteiger partial charge >= 0.3 is 0 Å². The van der Waals surface area contributed by atoms with Crippen molar-refractivity contribution in [3.63, 3.8) is 0 Å². The Morgan fingerprint density at radius 2 is 1.94 bits per heavy atom. The van der Waals surface area contributed by atoms with Crippen molar-refractivity contribution < 1.29 is 14.3 Å². The lowest BCUT2D eigenvalue weighted by Crippen LogP contribution is -2.38. The highest BCUT2D eigenvalue weighted by Gasteiger charge is 2.29. The lowest BCUT2D eigenvalue weighted by molar-refractivity contribution is -0.121. The van der Waals surface area contributed by atoms with Crippen LogP contribution in [0.5, 0.6) is 0 Å². The highest BCUT2D eigenvalue weighted by molar-refractivity contribution is 6.33. The van der Waals surface area contributed by atoms with Gasteiger partial charge in [-0.05, 0) is 36.5 Å². The Morgan fingerprint density at radius 3 is 2.75 bits per heavy atom. The summed E-state index contributed by atoms with van der Waals surface area (Å²) in [6.45, 7) is 2.37. The van der Waals surface area contributed by atoms with Crippen LogP contribution in [0.3, 0.4) is 0 Å². The third-order valence-electron chi connectivity index (χ3n) is 6.47. The van der Waals surface area contributed by atoms with Gasteiger partial charge in [0, 0.05) is 43.5 Å². The fourth-order valence-electron chi connectivity index (χ4n) is 4.52. The minimum Gasteiger partial charge on any atom is -0.381 e. The van der Waals surface area contributed by atoms with E-state index in [9.17, 15) is 9.59 Å². The van der Waals surface area contributed by atoms with Crippen LogP contribution in [0.15, 0.2) is 54.7 Å². The zero-order chi connectivity index (χ0) is 24.9. The molecular weight excluding hydrogens is 478 g/mol. The summed E-state index contributed by atoms with van der Waals surface area (Å²) < 4.78 is 5.41. The Bertz CT molecular complexity index is 1250. The van der Waals surface area contributed by atoms with Crippen LogP contribution >= 0.6 is 11.6 Å². The van der Waals surface area contributed by atoms with Crippen LogP contribution in [-0.4, -0.2) is 59.0 Å². The van der Waals surface area contributed by atoms with Crippen molar-refractivity contribution in [3.05, 3.63) is 76.4 Å². The lowest BCUT2D eigenvalue weighted by atomic mass is 10.0. The third kappa shape index (κ3) is 5.66. The number of nitrogens with one attached hydrogen (secondary N) is 2. The largest absolute Gasteiger partial charge is 0.381 e. The van der Waals surface area contributed by atoms with E-state index in [4.69, 9.17) is 16.3 Å². The van der Waals surface area contributed by atoms with Crippen LogP contribution in [0, 0.1) is 0 Å². The topological polar surface area (TPSA) is 96.5 Å². The molecule has 0 radical (unpaired) electrons. The molecule has 0 atom stereocenters. The summed E-state index contributed by atoms with van der Waals surface area (Å²) in [5.74, 6) is 0.160. The van der Waals surface area contributed by atoms with Gasteiger partial charge in [0.1, 0.15) is 6.54 Å². The second-order valence-electron chi connectivity index (χ2n) is 9.04. The maximum Gasteiger partial charge on any atom is 0.254 e. The molecule has 1 saturated heterocycles. The Kier molecular flexibility index (Phi) is 7.44. The molecular formula is C27H28ClN5O3. The molecule has 2 N–H and O–H groups in total. The highest BCUT2D eigenvalue weighted by Crippen LogP contribution is 2.31. The molecule has 9 heteroatoms. The van der Waals surface area contributed by atoms with Crippen LogP contribution in [0.25, 0.3) is 11.3 Å². The summed E-state index contributed by atoms with van der Waals surface area (Å²) in [5, 5.41) is 6.67. The van der Waals surface area contributed by atoms with E-state index in [1.807, 2.05) is 42.5 Å². The van der Waals surface area contributed by atoms with Gasteiger partial charge < -0.3 is 20.3 Å². The van der Waals surface area contributed by atoms with Crippen LogP contribution in [0.1, 0.15) is 34.3 Å². The SMILES string of the molecule is O=C(CN1Cc2ccc(-c3nc(NC4CCOCC4)ncc3Cl)cc2C1=O)NCCc1ccccc1. The molecule has 2 aliphatic heterocycles. The van der Waals surface area contributed by atoms with Gasteiger partial charge in [-0.3, -0.25) is 9.59 Å². The summed E-state index contributed by atoms with van der Waals surface area (Å²) in [6.07, 6.45) is 4.11. The number of hydrogen-bond donors (Lipinski definition) is 2. The van der Waals surface area contributed by atoms with Crippen molar-refractivity contribution in [3.8, 4) is 11.3 Å². The molecule has 3 aromatic rings. The normalized spacial score (nSPS) is 15.6. The fourth-order valence-corrected chi connectivity index (χ4v) is 4.72. The minimum atomic E-state index is -0.171. The average Bonchev–Trinajstić information content (AvgIpc) is 3.20. The van der Waals surface area contributed by atoms with Crippen molar-refractivity contribution in [1.29, 1.82) is 0 Å². The van der Waals surface area contributed by atoms with Crippen molar-refractivity contribution in [2.24, 2.45) is 0 Å². The smallest absolute Gasteiger partial charge is 0.254 e. The van der Waals surface area contributed by atoms with Crippen LogP contribution in [0.2, 0.25) is 5.02 Å². The van der Waals surface area contributed by atoms with Gasteiger partial charge in [-0.25, -0.2) is 9.97 Å². The number of carbonyl (C=O) groups is 2. The van der Waals surface area contributed by atoms with E-state index >= 15 is 0 Å². The Balaban J connectivity index is 1.23. The van der Waals surface area contributed by atoms with Crippen molar-refractivity contribution in [2.75, 3.05) is 31.6 Å². The van der Waals surface area contributed by atoms with Gasteiger partial charge in [-0.15, -0.1) is 0 Å². The number of ether oxygens (including phenoxy) is 1. The van der Waals surface area contributed by atoms with Crippen molar-refractivity contribution in [2.45, 2.75) is 31.8 Å². The summed E-state index contributed by atoms with van der Waals surface area (Å²) in [6, 6.07) is 15.8. The number of amides is 2. The van der Waals surface area contributed by atoms with Gasteiger partial charge in [0.05, 0.1) is 16.9 Å². The molecule has 0 spiro atoms. The van der Waals surface area contributed by atoms with Crippen LogP contribution < -0.4 is 10.6 Å². The van der Waals surface area contributed by atoms with Gasteiger partial charge in [-0.2, -0.15) is 0 Å². The standard InChI is InChI=1S/C27H28ClN5O3/c28-23-15-30-27(31-21-9-12-36-13-10-21)32-25(23)19-6-7-20-16-33(26(35)22(20)14-19)17-24(34)29-11-8-18-4-2-1-3-5-18/h1-7,14-15,21H,8-13,16-17H2,(H,29,34)(H,30,31,32). The molecule has 36 heavy (non-hydrogen) atoms.